The molecule has 16 heavy (non-hydrogen) atoms. The van der Waals surface area contributed by atoms with Crippen LogP contribution < -0.4 is 10.1 Å². The van der Waals surface area contributed by atoms with Crippen LogP contribution in [0.1, 0.15) is 5.56 Å². The summed E-state index contributed by atoms with van der Waals surface area (Å²) in [6, 6.07) is 8.07. The number of hydrogen-bond acceptors (Lipinski definition) is 3. The van der Waals surface area contributed by atoms with Crippen molar-refractivity contribution in [3.05, 3.63) is 48.4 Å². The van der Waals surface area contributed by atoms with Crippen molar-refractivity contribution in [3.63, 3.8) is 0 Å². The molecular formula is C13H16N2O. The Hall–Kier alpha value is -1.90. The number of likely N-dealkylation sites (N-methyl/N-ethyl adjacent to an activating group) is 1. The molecule has 0 saturated carbocycles. The molecule has 0 spiro atoms. The summed E-state index contributed by atoms with van der Waals surface area (Å²) in [5.41, 5.74) is 2.45. The maximum Gasteiger partial charge on any atom is 0.118 e. The van der Waals surface area contributed by atoms with Crippen molar-refractivity contribution in [3.8, 4) is 5.75 Å². The van der Waals surface area contributed by atoms with Crippen LogP contribution >= 0.6 is 0 Å². The fourth-order valence-corrected chi connectivity index (χ4v) is 1.66. The van der Waals surface area contributed by atoms with Crippen LogP contribution in [0.4, 0.5) is 0 Å². The van der Waals surface area contributed by atoms with Gasteiger partial charge in [0.25, 0.3) is 0 Å². The van der Waals surface area contributed by atoms with Crippen molar-refractivity contribution in [2.45, 2.75) is 0 Å². The van der Waals surface area contributed by atoms with E-state index in [0.29, 0.717) is 0 Å². The van der Waals surface area contributed by atoms with Gasteiger partial charge in [0.1, 0.15) is 5.75 Å². The van der Waals surface area contributed by atoms with E-state index in [1.165, 1.54) is 11.1 Å². The number of benzene rings is 1. The van der Waals surface area contributed by atoms with Gasteiger partial charge in [-0.1, -0.05) is 18.7 Å². The molecule has 2 rings (SSSR count). The Morgan fingerprint density at radius 2 is 2.00 bits per heavy atom. The van der Waals surface area contributed by atoms with E-state index in [-0.39, 0.29) is 0 Å². The van der Waals surface area contributed by atoms with E-state index in [0.717, 1.165) is 18.1 Å². The summed E-state index contributed by atoms with van der Waals surface area (Å²) < 4.78 is 5.14. The van der Waals surface area contributed by atoms with Crippen LogP contribution in [-0.2, 0) is 0 Å². The predicted molar refractivity (Wildman–Crippen MR) is 65.9 cm³/mol. The maximum atomic E-state index is 5.14. The molecule has 0 saturated heterocycles. The zero-order valence-electron chi connectivity index (χ0n) is 9.66. The molecule has 0 atom stereocenters. The molecule has 84 valence electrons. The number of ether oxygens (including phenoxy) is 1. The first-order chi connectivity index (χ1) is 7.70. The van der Waals surface area contributed by atoms with Gasteiger partial charge in [-0.05, 0) is 23.3 Å². The highest BCUT2D eigenvalue weighted by Crippen LogP contribution is 2.21. The van der Waals surface area contributed by atoms with Gasteiger partial charge in [-0.25, -0.2) is 0 Å². The Morgan fingerprint density at radius 3 is 2.56 bits per heavy atom. The van der Waals surface area contributed by atoms with Crippen LogP contribution in [0.3, 0.4) is 0 Å². The first-order valence-electron chi connectivity index (χ1n) is 5.21. The fourth-order valence-electron chi connectivity index (χ4n) is 1.66. The molecule has 0 unspecified atom stereocenters. The van der Waals surface area contributed by atoms with Crippen molar-refractivity contribution in [2.24, 2.45) is 0 Å². The highest BCUT2D eigenvalue weighted by atomic mass is 16.5. The molecule has 0 amide bonds. The normalized spacial score (nSPS) is 15.5. The molecule has 0 aromatic heterocycles. The molecule has 0 aliphatic carbocycles. The van der Waals surface area contributed by atoms with Gasteiger partial charge in [0.2, 0.25) is 0 Å². The summed E-state index contributed by atoms with van der Waals surface area (Å²) in [5.74, 6) is 1.81. The summed E-state index contributed by atoms with van der Waals surface area (Å²) in [6.07, 6.45) is 2.00. The second-order valence-electron chi connectivity index (χ2n) is 3.85. The van der Waals surface area contributed by atoms with Gasteiger partial charge >= 0.3 is 0 Å². The van der Waals surface area contributed by atoms with Gasteiger partial charge in [-0.3, -0.25) is 0 Å². The van der Waals surface area contributed by atoms with E-state index >= 15 is 0 Å². The lowest BCUT2D eigenvalue weighted by Crippen LogP contribution is -2.31. The minimum Gasteiger partial charge on any atom is -0.497 e. The lowest BCUT2D eigenvalue weighted by molar-refractivity contribution is 0.414. The molecule has 3 nitrogen and oxygen atoms in total. The Labute approximate surface area is 96.0 Å². The smallest absolute Gasteiger partial charge is 0.118 e. The van der Waals surface area contributed by atoms with Gasteiger partial charge in [0.05, 0.1) is 12.9 Å². The minimum atomic E-state index is 0.873. The Balaban J connectivity index is 2.21. The summed E-state index contributed by atoms with van der Waals surface area (Å²) in [4.78, 5) is 2.08. The minimum absolute atomic E-state index is 0.873. The third-order valence-corrected chi connectivity index (χ3v) is 2.74. The SMILES string of the molecule is C=C1NC=C(c2ccc(OC)cc2)CN1C. The quantitative estimate of drug-likeness (QED) is 0.818. The Kier molecular flexibility index (Phi) is 2.86. The second-order valence-corrected chi connectivity index (χ2v) is 3.85. The van der Waals surface area contributed by atoms with Crippen molar-refractivity contribution < 1.29 is 4.74 Å². The molecule has 0 bridgehead atoms. The van der Waals surface area contributed by atoms with Gasteiger partial charge in [0.15, 0.2) is 0 Å². The number of nitrogens with zero attached hydrogens (tertiary/aromatic N) is 1. The van der Waals surface area contributed by atoms with Crippen molar-refractivity contribution in [1.29, 1.82) is 0 Å². The van der Waals surface area contributed by atoms with Gasteiger partial charge < -0.3 is 15.0 Å². The zero-order valence-corrected chi connectivity index (χ0v) is 9.66. The van der Waals surface area contributed by atoms with Crippen LogP contribution in [0, 0.1) is 0 Å². The molecule has 1 aromatic carbocycles. The number of nitrogens with one attached hydrogen (secondary N) is 1. The van der Waals surface area contributed by atoms with E-state index in [4.69, 9.17) is 4.74 Å². The maximum absolute atomic E-state index is 5.14. The average molecular weight is 216 g/mol. The predicted octanol–water partition coefficient (Wildman–Crippen LogP) is 2.04. The topological polar surface area (TPSA) is 24.5 Å². The molecule has 1 heterocycles. The Bertz CT molecular complexity index is 420. The molecule has 3 heteroatoms. The largest absolute Gasteiger partial charge is 0.497 e. The summed E-state index contributed by atoms with van der Waals surface area (Å²) in [5, 5.41) is 3.15. The monoisotopic (exact) mass is 216 g/mol. The highest BCUT2D eigenvalue weighted by molar-refractivity contribution is 5.68. The van der Waals surface area contributed by atoms with E-state index in [9.17, 15) is 0 Å². The molecule has 1 aliphatic heterocycles. The molecular weight excluding hydrogens is 200 g/mol. The summed E-state index contributed by atoms with van der Waals surface area (Å²) in [6.45, 7) is 4.77. The molecule has 1 aliphatic rings. The van der Waals surface area contributed by atoms with E-state index in [1.807, 2.05) is 25.4 Å². The zero-order chi connectivity index (χ0) is 11.5. The standard InChI is InChI=1S/C13H16N2O/c1-10-14-8-12(9-15(10)2)11-4-6-13(16-3)7-5-11/h4-8,14H,1,9H2,2-3H3. The number of hydrogen-bond donors (Lipinski definition) is 1. The van der Waals surface area contributed by atoms with Crippen LogP contribution in [0.25, 0.3) is 5.57 Å². The van der Waals surface area contributed by atoms with E-state index < -0.39 is 0 Å². The molecule has 1 N–H and O–H groups in total. The first-order valence-corrected chi connectivity index (χ1v) is 5.21. The average Bonchev–Trinajstić information content (AvgIpc) is 2.33. The number of methoxy groups -OCH3 is 1. The van der Waals surface area contributed by atoms with Crippen LogP contribution in [-0.4, -0.2) is 25.6 Å². The second kappa shape index (κ2) is 4.31. The molecule has 0 fully saturated rings. The summed E-state index contributed by atoms with van der Waals surface area (Å²) in [7, 11) is 3.69. The summed E-state index contributed by atoms with van der Waals surface area (Å²) >= 11 is 0. The van der Waals surface area contributed by atoms with Crippen molar-refractivity contribution in [2.75, 3.05) is 20.7 Å². The van der Waals surface area contributed by atoms with Gasteiger partial charge in [0, 0.05) is 19.8 Å². The van der Waals surface area contributed by atoms with Crippen molar-refractivity contribution in [1.82, 2.24) is 10.2 Å². The van der Waals surface area contributed by atoms with Crippen LogP contribution in [0.15, 0.2) is 42.9 Å². The first kappa shape index (κ1) is 10.6. The van der Waals surface area contributed by atoms with Gasteiger partial charge in [-0.15, -0.1) is 0 Å². The fraction of sp³-hybridized carbons (Fsp3) is 0.231. The molecule has 1 aromatic rings. The van der Waals surface area contributed by atoms with Crippen LogP contribution in [0.2, 0.25) is 0 Å². The van der Waals surface area contributed by atoms with Crippen LogP contribution in [0.5, 0.6) is 5.75 Å². The van der Waals surface area contributed by atoms with Gasteiger partial charge in [-0.2, -0.15) is 0 Å². The van der Waals surface area contributed by atoms with Crippen molar-refractivity contribution >= 4 is 5.57 Å². The van der Waals surface area contributed by atoms with E-state index in [2.05, 4.69) is 28.9 Å². The molecule has 0 radical (unpaired) electrons. The lowest BCUT2D eigenvalue weighted by Gasteiger charge is -2.28. The lowest BCUT2D eigenvalue weighted by atomic mass is 10.1. The number of rotatable bonds is 2. The third kappa shape index (κ3) is 2.03. The third-order valence-electron chi connectivity index (χ3n) is 2.74. The Morgan fingerprint density at radius 1 is 1.31 bits per heavy atom. The van der Waals surface area contributed by atoms with E-state index in [1.54, 1.807) is 7.11 Å². The highest BCUT2D eigenvalue weighted by Gasteiger charge is 2.11.